The lowest BCUT2D eigenvalue weighted by atomic mass is 9.55. The Labute approximate surface area is 146 Å². The highest BCUT2D eigenvalue weighted by Crippen LogP contribution is 2.63. The maximum absolute atomic E-state index is 10.8. The van der Waals surface area contributed by atoms with Gasteiger partial charge in [0.05, 0.1) is 0 Å². The fourth-order valence-corrected chi connectivity index (χ4v) is 6.72. The van der Waals surface area contributed by atoms with Gasteiger partial charge < -0.3 is 5.11 Å². The second-order valence-electron chi connectivity index (χ2n) is 8.94. The number of rotatable bonds is 4. The highest BCUT2D eigenvalue weighted by atomic mass is 16.4. The smallest absolute Gasteiger partial charge is 0.303 e. The van der Waals surface area contributed by atoms with Gasteiger partial charge in [0.25, 0.3) is 0 Å². The SMILES string of the molecule is C[C@]12CCC3=C4CCCC=C4CC[C@H]3[C@@H]1CC[C@@H]2CCCC(=O)O. The third-order valence-electron chi connectivity index (χ3n) is 7.94. The summed E-state index contributed by atoms with van der Waals surface area (Å²) in [6.45, 7) is 2.55. The molecule has 2 nitrogen and oxygen atoms in total. The average Bonchev–Trinajstić information content (AvgIpc) is 2.91. The molecule has 0 radical (unpaired) electrons. The van der Waals surface area contributed by atoms with Gasteiger partial charge in [0.15, 0.2) is 0 Å². The number of aliphatic carboxylic acids is 1. The van der Waals surface area contributed by atoms with Crippen molar-refractivity contribution in [3.05, 3.63) is 22.8 Å². The molecule has 0 aliphatic heterocycles. The zero-order valence-corrected chi connectivity index (χ0v) is 15.2. The van der Waals surface area contributed by atoms with E-state index >= 15 is 0 Å². The van der Waals surface area contributed by atoms with Crippen LogP contribution in [0.2, 0.25) is 0 Å². The van der Waals surface area contributed by atoms with Crippen LogP contribution in [0.25, 0.3) is 0 Å². The standard InChI is InChI=1S/C22H32O2/c1-22-14-13-18-17-7-3-2-5-15(17)9-11-19(18)20(22)12-10-16(22)6-4-8-21(23)24/h5,16,19-20H,2-4,6-14H2,1H3,(H,23,24)/t16-,19+,20-,22+/m0/s1. The molecule has 0 aromatic rings. The predicted molar refractivity (Wildman–Crippen MR) is 96.7 cm³/mol. The first-order valence-corrected chi connectivity index (χ1v) is 10.2. The molecule has 0 bridgehead atoms. The van der Waals surface area contributed by atoms with Gasteiger partial charge >= 0.3 is 5.97 Å². The van der Waals surface area contributed by atoms with Crippen molar-refractivity contribution in [2.75, 3.05) is 0 Å². The maximum Gasteiger partial charge on any atom is 0.303 e. The molecule has 1 N–H and O–H groups in total. The van der Waals surface area contributed by atoms with Gasteiger partial charge in [0.1, 0.15) is 0 Å². The third-order valence-corrected chi connectivity index (χ3v) is 7.94. The van der Waals surface area contributed by atoms with Crippen LogP contribution in [0.4, 0.5) is 0 Å². The molecule has 132 valence electrons. The maximum atomic E-state index is 10.8. The predicted octanol–water partition coefficient (Wildman–Crippen LogP) is 5.88. The van der Waals surface area contributed by atoms with E-state index in [9.17, 15) is 4.79 Å². The molecule has 0 saturated heterocycles. The lowest BCUT2D eigenvalue weighted by molar-refractivity contribution is -0.137. The van der Waals surface area contributed by atoms with Crippen LogP contribution in [0, 0.1) is 23.2 Å². The average molecular weight is 328 g/mol. The van der Waals surface area contributed by atoms with E-state index in [0.717, 1.165) is 30.6 Å². The molecule has 24 heavy (non-hydrogen) atoms. The van der Waals surface area contributed by atoms with E-state index in [2.05, 4.69) is 13.0 Å². The van der Waals surface area contributed by atoms with Crippen LogP contribution in [0.15, 0.2) is 22.8 Å². The molecule has 0 spiro atoms. The van der Waals surface area contributed by atoms with Crippen molar-refractivity contribution < 1.29 is 9.90 Å². The van der Waals surface area contributed by atoms with Crippen LogP contribution in [0.5, 0.6) is 0 Å². The van der Waals surface area contributed by atoms with Gasteiger partial charge in [0.2, 0.25) is 0 Å². The van der Waals surface area contributed by atoms with Crippen LogP contribution in [-0.4, -0.2) is 11.1 Å². The number of carbonyl (C=O) groups is 1. The molecule has 4 aliphatic carbocycles. The van der Waals surface area contributed by atoms with Gasteiger partial charge in [-0.2, -0.15) is 0 Å². The van der Waals surface area contributed by atoms with Gasteiger partial charge in [-0.15, -0.1) is 0 Å². The Hall–Kier alpha value is -1.05. The van der Waals surface area contributed by atoms with Gasteiger partial charge in [-0.25, -0.2) is 0 Å². The molecule has 2 heteroatoms. The van der Waals surface area contributed by atoms with Crippen molar-refractivity contribution in [2.45, 2.75) is 84.0 Å². The molecule has 0 heterocycles. The van der Waals surface area contributed by atoms with Crippen LogP contribution >= 0.6 is 0 Å². The van der Waals surface area contributed by atoms with E-state index in [1.54, 1.807) is 11.1 Å². The molecule has 2 saturated carbocycles. The Morgan fingerprint density at radius 3 is 2.96 bits per heavy atom. The molecule has 2 fully saturated rings. The first-order chi connectivity index (χ1) is 11.6. The summed E-state index contributed by atoms with van der Waals surface area (Å²) in [5.74, 6) is 1.84. The van der Waals surface area contributed by atoms with E-state index in [1.165, 1.54) is 57.8 Å². The van der Waals surface area contributed by atoms with Crippen molar-refractivity contribution in [3.63, 3.8) is 0 Å². The summed E-state index contributed by atoms with van der Waals surface area (Å²) < 4.78 is 0. The Morgan fingerprint density at radius 2 is 2.12 bits per heavy atom. The van der Waals surface area contributed by atoms with Crippen LogP contribution < -0.4 is 0 Å². The Bertz CT molecular complexity index is 585. The van der Waals surface area contributed by atoms with E-state index in [1.807, 2.05) is 5.57 Å². The minimum absolute atomic E-state index is 0.351. The largest absolute Gasteiger partial charge is 0.481 e. The number of hydrogen-bond donors (Lipinski definition) is 1. The molecule has 4 aliphatic rings. The highest BCUT2D eigenvalue weighted by Gasteiger charge is 2.52. The molecular weight excluding hydrogens is 296 g/mol. The number of carboxylic acid groups (broad SMARTS) is 1. The van der Waals surface area contributed by atoms with Crippen molar-refractivity contribution in [2.24, 2.45) is 23.2 Å². The third kappa shape index (κ3) is 2.66. The summed E-state index contributed by atoms with van der Waals surface area (Å²) >= 11 is 0. The summed E-state index contributed by atoms with van der Waals surface area (Å²) in [5, 5.41) is 8.94. The van der Waals surface area contributed by atoms with E-state index in [-0.39, 0.29) is 0 Å². The zero-order chi connectivity index (χ0) is 16.7. The van der Waals surface area contributed by atoms with E-state index < -0.39 is 5.97 Å². The molecule has 0 amide bonds. The summed E-state index contributed by atoms with van der Waals surface area (Å²) in [4.78, 5) is 10.8. The molecule has 4 atom stereocenters. The second-order valence-corrected chi connectivity index (χ2v) is 8.94. The summed E-state index contributed by atoms with van der Waals surface area (Å²) in [5.41, 5.74) is 5.80. The first-order valence-electron chi connectivity index (χ1n) is 10.2. The summed E-state index contributed by atoms with van der Waals surface area (Å²) in [6, 6.07) is 0. The van der Waals surface area contributed by atoms with Gasteiger partial charge in [-0.05, 0) is 105 Å². The second kappa shape index (κ2) is 6.35. The fourth-order valence-electron chi connectivity index (χ4n) is 6.72. The van der Waals surface area contributed by atoms with Crippen LogP contribution in [-0.2, 0) is 4.79 Å². The zero-order valence-electron chi connectivity index (χ0n) is 15.2. The molecular formula is C22H32O2. The fraction of sp³-hybridized carbons (Fsp3) is 0.773. The molecule has 0 unspecified atom stereocenters. The Balaban J connectivity index is 1.53. The minimum atomic E-state index is -0.630. The number of fused-ring (bicyclic) bond motifs is 4. The van der Waals surface area contributed by atoms with Crippen LogP contribution in [0.1, 0.15) is 84.0 Å². The number of allylic oxidation sites excluding steroid dienone is 4. The lowest BCUT2D eigenvalue weighted by Crippen LogP contribution is -2.40. The van der Waals surface area contributed by atoms with Crippen molar-refractivity contribution in [3.8, 4) is 0 Å². The number of carboxylic acids is 1. The molecule has 4 rings (SSSR count). The topological polar surface area (TPSA) is 37.3 Å². The Morgan fingerprint density at radius 1 is 1.25 bits per heavy atom. The lowest BCUT2D eigenvalue weighted by Gasteiger charge is -2.49. The van der Waals surface area contributed by atoms with Crippen LogP contribution in [0.3, 0.4) is 0 Å². The van der Waals surface area contributed by atoms with Crippen molar-refractivity contribution >= 4 is 5.97 Å². The summed E-state index contributed by atoms with van der Waals surface area (Å²) in [7, 11) is 0. The Kier molecular flexibility index (Phi) is 4.34. The van der Waals surface area contributed by atoms with Crippen molar-refractivity contribution in [1.29, 1.82) is 0 Å². The number of hydrogen-bond acceptors (Lipinski definition) is 1. The minimum Gasteiger partial charge on any atom is -0.481 e. The van der Waals surface area contributed by atoms with Gasteiger partial charge in [-0.1, -0.05) is 18.6 Å². The normalized spacial score (nSPS) is 38.2. The van der Waals surface area contributed by atoms with E-state index in [0.29, 0.717) is 11.8 Å². The van der Waals surface area contributed by atoms with Crippen molar-refractivity contribution in [1.82, 2.24) is 0 Å². The highest BCUT2D eigenvalue weighted by molar-refractivity contribution is 5.66. The first kappa shape index (κ1) is 16.4. The monoisotopic (exact) mass is 328 g/mol. The quantitative estimate of drug-likeness (QED) is 0.699. The van der Waals surface area contributed by atoms with Gasteiger partial charge in [0, 0.05) is 6.42 Å². The molecule has 0 aromatic carbocycles. The van der Waals surface area contributed by atoms with E-state index in [4.69, 9.17) is 5.11 Å². The molecule has 0 aromatic heterocycles. The summed E-state index contributed by atoms with van der Waals surface area (Å²) in [6.07, 6.45) is 16.9. The van der Waals surface area contributed by atoms with Gasteiger partial charge in [-0.3, -0.25) is 4.79 Å².